The number of rotatable bonds is 58. The highest BCUT2D eigenvalue weighted by Crippen LogP contribution is 2.16. The van der Waals surface area contributed by atoms with Gasteiger partial charge in [-0.1, -0.05) is 285 Å². The van der Waals surface area contributed by atoms with Crippen LogP contribution in [0.15, 0.2) is 97.2 Å². The van der Waals surface area contributed by atoms with E-state index in [9.17, 15) is 14.4 Å². The van der Waals surface area contributed by atoms with Gasteiger partial charge in [0, 0.05) is 12.8 Å². The second kappa shape index (κ2) is 63.9. The van der Waals surface area contributed by atoms with E-state index in [0.717, 1.165) is 96.3 Å². The lowest BCUT2D eigenvalue weighted by Crippen LogP contribution is -2.30. The van der Waals surface area contributed by atoms with Gasteiger partial charge in [0.2, 0.25) is 0 Å². The number of carbonyl (C=O) groups is 3. The zero-order valence-corrected chi connectivity index (χ0v) is 50.0. The lowest BCUT2D eigenvalue weighted by Gasteiger charge is -2.18. The van der Waals surface area contributed by atoms with Gasteiger partial charge >= 0.3 is 17.9 Å². The van der Waals surface area contributed by atoms with Crippen molar-refractivity contribution in [3.8, 4) is 0 Å². The first kappa shape index (κ1) is 72.3. The Balaban J connectivity index is 4.34. The Morgan fingerprint density at radius 3 is 0.947 bits per heavy atom. The SMILES string of the molecule is CC/C=C\C/C=C\C/C=C\C/C=C\C/C=C\CC(=O)OCC(COC(=O)CCCCCCCCCCCCCCCCC/C=C\CCCCCCCCCC)OC(=O)CCCCCCC/C=C\C/C=C\CCCCCC. The molecule has 1 atom stereocenters. The molecule has 76 heavy (non-hydrogen) atoms. The van der Waals surface area contributed by atoms with Crippen LogP contribution in [0.2, 0.25) is 0 Å². The minimum absolute atomic E-state index is 0.112. The van der Waals surface area contributed by atoms with Gasteiger partial charge in [0.15, 0.2) is 6.10 Å². The molecule has 0 aliphatic rings. The summed E-state index contributed by atoms with van der Waals surface area (Å²) >= 11 is 0. The van der Waals surface area contributed by atoms with E-state index in [-0.39, 0.29) is 31.6 Å². The van der Waals surface area contributed by atoms with Gasteiger partial charge in [0.1, 0.15) is 13.2 Å². The van der Waals surface area contributed by atoms with E-state index in [4.69, 9.17) is 14.2 Å². The third kappa shape index (κ3) is 61.2. The van der Waals surface area contributed by atoms with Crippen LogP contribution in [-0.4, -0.2) is 37.2 Å². The third-order valence-corrected chi connectivity index (χ3v) is 13.8. The van der Waals surface area contributed by atoms with E-state index in [1.807, 2.05) is 6.08 Å². The summed E-state index contributed by atoms with van der Waals surface area (Å²) in [5.41, 5.74) is 0. The highest BCUT2D eigenvalue weighted by molar-refractivity contribution is 5.72. The first-order valence-electron chi connectivity index (χ1n) is 32.2. The molecule has 0 bridgehead atoms. The molecule has 0 aromatic carbocycles. The summed E-state index contributed by atoms with van der Waals surface area (Å²) in [6, 6.07) is 0. The van der Waals surface area contributed by atoms with Crippen LogP contribution in [0.5, 0.6) is 0 Å². The maximum Gasteiger partial charge on any atom is 0.309 e. The summed E-state index contributed by atoms with van der Waals surface area (Å²) in [7, 11) is 0. The van der Waals surface area contributed by atoms with E-state index in [2.05, 4.69) is 106 Å². The number of hydrogen-bond acceptors (Lipinski definition) is 6. The van der Waals surface area contributed by atoms with Crippen LogP contribution in [-0.2, 0) is 28.6 Å². The molecule has 436 valence electrons. The van der Waals surface area contributed by atoms with Gasteiger partial charge in [0.05, 0.1) is 6.42 Å². The fraction of sp³-hybridized carbons (Fsp3) is 0.729. The molecule has 0 N–H and O–H groups in total. The first-order chi connectivity index (χ1) is 37.5. The molecular formula is C70H120O6. The van der Waals surface area contributed by atoms with E-state index in [1.54, 1.807) is 6.08 Å². The molecule has 0 aliphatic carbocycles. The van der Waals surface area contributed by atoms with Crippen molar-refractivity contribution < 1.29 is 28.6 Å². The van der Waals surface area contributed by atoms with Crippen molar-refractivity contribution in [3.05, 3.63) is 97.2 Å². The smallest absolute Gasteiger partial charge is 0.309 e. The van der Waals surface area contributed by atoms with Gasteiger partial charge in [-0.25, -0.2) is 0 Å². The van der Waals surface area contributed by atoms with Crippen molar-refractivity contribution >= 4 is 17.9 Å². The standard InChI is InChI=1S/C70H120O6/c1-4-7-10-13-16-19-22-25-28-30-31-32-33-34-35-36-37-38-39-40-43-45-48-51-54-57-60-63-69(72)75-66-67(65-74-68(71)62-59-56-53-50-47-44-41-27-24-21-18-15-12-9-6-3)76-70(73)64-61-58-55-52-49-46-42-29-26-23-20-17-14-11-8-5-2/h9,12,18,20-21,23,27,29-31,41-42,47,50,56,59,67H,4-8,10-11,13-17,19,22,24-26,28,32-40,43-46,48-49,51-55,57-58,60-66H2,1-3H3/b12-9-,21-18-,23-20-,31-30-,41-27-,42-29-,50-47-,59-56-. The highest BCUT2D eigenvalue weighted by Gasteiger charge is 2.19. The minimum Gasteiger partial charge on any atom is -0.462 e. The largest absolute Gasteiger partial charge is 0.462 e. The third-order valence-electron chi connectivity index (χ3n) is 13.8. The second-order valence-corrected chi connectivity index (χ2v) is 21.3. The average molecular weight is 1060 g/mol. The summed E-state index contributed by atoms with van der Waals surface area (Å²) in [6.45, 7) is 6.43. The van der Waals surface area contributed by atoms with Crippen molar-refractivity contribution in [2.24, 2.45) is 0 Å². The molecule has 1 unspecified atom stereocenters. The number of esters is 3. The molecule has 0 spiro atoms. The van der Waals surface area contributed by atoms with Crippen LogP contribution in [0, 0.1) is 0 Å². The predicted molar refractivity (Wildman–Crippen MR) is 330 cm³/mol. The van der Waals surface area contributed by atoms with E-state index < -0.39 is 12.1 Å². The first-order valence-corrected chi connectivity index (χ1v) is 32.2. The van der Waals surface area contributed by atoms with Gasteiger partial charge in [-0.2, -0.15) is 0 Å². The molecule has 6 heteroatoms. The molecule has 0 aromatic heterocycles. The fourth-order valence-corrected chi connectivity index (χ4v) is 9.01. The normalized spacial score (nSPS) is 12.7. The van der Waals surface area contributed by atoms with Crippen molar-refractivity contribution in [2.45, 2.75) is 316 Å². The van der Waals surface area contributed by atoms with Crippen molar-refractivity contribution in [1.29, 1.82) is 0 Å². The molecule has 0 fully saturated rings. The summed E-state index contributed by atoms with van der Waals surface area (Å²) in [6.07, 6.45) is 85.9. The zero-order valence-electron chi connectivity index (χ0n) is 50.0. The molecule has 0 heterocycles. The van der Waals surface area contributed by atoms with Crippen LogP contribution in [0.4, 0.5) is 0 Å². The van der Waals surface area contributed by atoms with Gasteiger partial charge in [-0.05, 0) is 103 Å². The molecule has 0 aliphatic heterocycles. The Hall–Kier alpha value is -3.67. The summed E-state index contributed by atoms with van der Waals surface area (Å²) in [4.78, 5) is 38.2. The molecule has 0 amide bonds. The van der Waals surface area contributed by atoms with Gasteiger partial charge < -0.3 is 14.2 Å². The van der Waals surface area contributed by atoms with Crippen molar-refractivity contribution in [1.82, 2.24) is 0 Å². The molecule has 0 saturated carbocycles. The Labute approximate surface area is 470 Å². The number of unbranched alkanes of at least 4 members (excludes halogenated alkanes) is 32. The molecule has 0 aromatic rings. The lowest BCUT2D eigenvalue weighted by molar-refractivity contribution is -0.166. The Morgan fingerprint density at radius 1 is 0.289 bits per heavy atom. The molecule has 0 radical (unpaired) electrons. The second-order valence-electron chi connectivity index (χ2n) is 21.3. The maximum absolute atomic E-state index is 12.9. The Bertz CT molecular complexity index is 1490. The minimum atomic E-state index is -0.826. The maximum atomic E-state index is 12.9. The molecule has 6 nitrogen and oxygen atoms in total. The van der Waals surface area contributed by atoms with Crippen LogP contribution in [0.25, 0.3) is 0 Å². The topological polar surface area (TPSA) is 78.9 Å². The number of ether oxygens (including phenoxy) is 3. The van der Waals surface area contributed by atoms with E-state index in [0.29, 0.717) is 12.8 Å². The van der Waals surface area contributed by atoms with Crippen LogP contribution >= 0.6 is 0 Å². The monoisotopic (exact) mass is 1060 g/mol. The number of carbonyl (C=O) groups excluding carboxylic acids is 3. The Kier molecular flexibility index (Phi) is 60.8. The van der Waals surface area contributed by atoms with Crippen molar-refractivity contribution in [3.63, 3.8) is 0 Å². The predicted octanol–water partition coefficient (Wildman–Crippen LogP) is 22.0. The average Bonchev–Trinajstić information content (AvgIpc) is 3.42. The molecule has 0 saturated heterocycles. The fourth-order valence-electron chi connectivity index (χ4n) is 9.01. The summed E-state index contributed by atoms with van der Waals surface area (Å²) < 4.78 is 16.8. The lowest BCUT2D eigenvalue weighted by atomic mass is 10.0. The van der Waals surface area contributed by atoms with Gasteiger partial charge in [-0.3, -0.25) is 14.4 Å². The van der Waals surface area contributed by atoms with E-state index in [1.165, 1.54) is 173 Å². The van der Waals surface area contributed by atoms with Gasteiger partial charge in [0.25, 0.3) is 0 Å². The number of allylic oxidation sites excluding steroid dienone is 15. The molecular weight excluding hydrogens is 937 g/mol. The number of hydrogen-bond donors (Lipinski definition) is 0. The van der Waals surface area contributed by atoms with Crippen LogP contribution < -0.4 is 0 Å². The van der Waals surface area contributed by atoms with E-state index >= 15 is 0 Å². The molecule has 0 rings (SSSR count). The Morgan fingerprint density at radius 2 is 0.566 bits per heavy atom. The quantitative estimate of drug-likeness (QED) is 0.0261. The summed E-state index contributed by atoms with van der Waals surface area (Å²) in [5, 5.41) is 0. The highest BCUT2D eigenvalue weighted by atomic mass is 16.6. The zero-order chi connectivity index (χ0) is 55.0. The van der Waals surface area contributed by atoms with Crippen LogP contribution in [0.3, 0.4) is 0 Å². The van der Waals surface area contributed by atoms with Crippen molar-refractivity contribution in [2.75, 3.05) is 13.2 Å². The van der Waals surface area contributed by atoms with Gasteiger partial charge in [-0.15, -0.1) is 0 Å². The summed E-state index contributed by atoms with van der Waals surface area (Å²) in [5.74, 6) is -1.05. The van der Waals surface area contributed by atoms with Crippen LogP contribution in [0.1, 0.15) is 310 Å².